The van der Waals surface area contributed by atoms with Crippen molar-refractivity contribution in [3.63, 3.8) is 0 Å². The molecule has 0 unspecified atom stereocenters. The second-order valence-corrected chi connectivity index (χ2v) is 7.58. The van der Waals surface area contributed by atoms with Gasteiger partial charge in [0, 0.05) is 28.7 Å². The summed E-state index contributed by atoms with van der Waals surface area (Å²) in [6, 6.07) is 25.9. The average molecular weight is 396 g/mol. The first-order valence-electron chi connectivity index (χ1n) is 10.4. The van der Waals surface area contributed by atoms with Gasteiger partial charge in [0.2, 0.25) is 0 Å². The first-order chi connectivity index (χ1) is 14.8. The van der Waals surface area contributed by atoms with Gasteiger partial charge in [0.25, 0.3) is 5.91 Å². The molecular formula is C26H24N2O2. The fourth-order valence-corrected chi connectivity index (χ4v) is 4.47. The molecule has 2 heterocycles. The Morgan fingerprint density at radius 2 is 1.73 bits per heavy atom. The second kappa shape index (κ2) is 7.71. The number of para-hydroxylation sites is 1. The van der Waals surface area contributed by atoms with Gasteiger partial charge in [-0.3, -0.25) is 4.79 Å². The Morgan fingerprint density at radius 3 is 2.50 bits per heavy atom. The Kier molecular flexibility index (Phi) is 4.75. The lowest BCUT2D eigenvalue weighted by molar-refractivity contribution is 0.0692. The van der Waals surface area contributed by atoms with E-state index in [1.54, 1.807) is 0 Å². The zero-order valence-electron chi connectivity index (χ0n) is 17.0. The number of aromatic amines is 1. The van der Waals surface area contributed by atoms with Crippen LogP contribution in [0.25, 0.3) is 10.9 Å². The first kappa shape index (κ1) is 18.5. The van der Waals surface area contributed by atoms with Gasteiger partial charge in [-0.05, 0) is 54.8 Å². The van der Waals surface area contributed by atoms with Crippen molar-refractivity contribution < 1.29 is 9.53 Å². The van der Waals surface area contributed by atoms with Crippen LogP contribution in [0.4, 0.5) is 0 Å². The first-order valence-corrected chi connectivity index (χ1v) is 10.4. The normalized spacial score (nSPS) is 15.8. The van der Waals surface area contributed by atoms with E-state index in [9.17, 15) is 4.79 Å². The summed E-state index contributed by atoms with van der Waals surface area (Å²) in [5.74, 6) is 0.897. The number of hydrogen-bond acceptors (Lipinski definition) is 2. The van der Waals surface area contributed by atoms with Gasteiger partial charge < -0.3 is 14.6 Å². The average Bonchev–Trinajstić information content (AvgIpc) is 3.18. The van der Waals surface area contributed by atoms with E-state index in [0.29, 0.717) is 18.7 Å². The minimum atomic E-state index is -0.162. The highest BCUT2D eigenvalue weighted by molar-refractivity contribution is 5.95. The van der Waals surface area contributed by atoms with Gasteiger partial charge >= 0.3 is 0 Å². The fourth-order valence-electron chi connectivity index (χ4n) is 4.47. The Morgan fingerprint density at radius 1 is 1.00 bits per heavy atom. The maximum atomic E-state index is 13.5. The summed E-state index contributed by atoms with van der Waals surface area (Å²) < 4.78 is 5.62. The monoisotopic (exact) mass is 396 g/mol. The molecule has 0 bridgehead atoms. The quantitative estimate of drug-likeness (QED) is 0.505. The molecule has 150 valence electrons. The van der Waals surface area contributed by atoms with Crippen molar-refractivity contribution in [1.29, 1.82) is 0 Å². The molecule has 0 saturated heterocycles. The van der Waals surface area contributed by atoms with Gasteiger partial charge in [-0.25, -0.2) is 0 Å². The van der Waals surface area contributed by atoms with Crippen molar-refractivity contribution in [2.24, 2.45) is 0 Å². The van der Waals surface area contributed by atoms with Gasteiger partial charge in [0.05, 0.1) is 12.6 Å². The molecule has 1 N–H and O–H groups in total. The molecule has 0 aliphatic carbocycles. The highest BCUT2D eigenvalue weighted by atomic mass is 16.5. The van der Waals surface area contributed by atoms with E-state index in [2.05, 4.69) is 35.3 Å². The zero-order chi connectivity index (χ0) is 20.5. The van der Waals surface area contributed by atoms with Gasteiger partial charge in [-0.15, -0.1) is 0 Å². The molecule has 4 nitrogen and oxygen atoms in total. The third-order valence-corrected chi connectivity index (χ3v) is 5.82. The Bertz CT molecular complexity index is 1180. The smallest absolute Gasteiger partial charge is 0.254 e. The van der Waals surface area contributed by atoms with E-state index in [0.717, 1.165) is 28.9 Å². The van der Waals surface area contributed by atoms with E-state index in [4.69, 9.17) is 4.74 Å². The minimum absolute atomic E-state index is 0.0544. The molecule has 1 aromatic heterocycles. The lowest BCUT2D eigenvalue weighted by Gasteiger charge is -2.36. The van der Waals surface area contributed by atoms with E-state index >= 15 is 0 Å². The Labute approximate surface area is 176 Å². The van der Waals surface area contributed by atoms with E-state index in [1.165, 1.54) is 10.9 Å². The lowest BCUT2D eigenvalue weighted by atomic mass is 9.91. The number of carbonyl (C=O) groups is 1. The van der Waals surface area contributed by atoms with Crippen molar-refractivity contribution in [3.8, 4) is 5.75 Å². The van der Waals surface area contributed by atoms with E-state index < -0.39 is 0 Å². The summed E-state index contributed by atoms with van der Waals surface area (Å²) in [4.78, 5) is 19.1. The summed E-state index contributed by atoms with van der Waals surface area (Å²) in [5, 5.41) is 1.25. The number of carbonyl (C=O) groups excluding carboxylic acids is 1. The van der Waals surface area contributed by atoms with Crippen LogP contribution in [0.2, 0.25) is 0 Å². The van der Waals surface area contributed by atoms with Gasteiger partial charge in [0.1, 0.15) is 5.75 Å². The molecule has 30 heavy (non-hydrogen) atoms. The van der Waals surface area contributed by atoms with Crippen LogP contribution in [0.3, 0.4) is 0 Å². The largest absolute Gasteiger partial charge is 0.494 e. The summed E-state index contributed by atoms with van der Waals surface area (Å²) in [6.07, 6.45) is 0.839. The van der Waals surface area contributed by atoms with Crippen LogP contribution >= 0.6 is 0 Å². The summed E-state index contributed by atoms with van der Waals surface area (Å²) in [5.41, 5.74) is 5.33. The SMILES string of the molecule is CCOc1ccc([C@@H]2c3[nH]c4ccccc4c3CCN2C(=O)c2ccccc2)cc1. The maximum absolute atomic E-state index is 13.5. The van der Waals surface area contributed by atoms with Crippen LogP contribution in [0.15, 0.2) is 78.9 Å². The molecule has 1 amide bonds. The predicted molar refractivity (Wildman–Crippen MR) is 119 cm³/mol. The molecule has 3 aromatic carbocycles. The molecular weight excluding hydrogens is 372 g/mol. The van der Waals surface area contributed by atoms with Gasteiger partial charge in [-0.2, -0.15) is 0 Å². The number of nitrogens with zero attached hydrogens (tertiary/aromatic N) is 1. The maximum Gasteiger partial charge on any atom is 0.254 e. The molecule has 4 aromatic rings. The summed E-state index contributed by atoms with van der Waals surface area (Å²) in [7, 11) is 0. The molecule has 1 atom stereocenters. The topological polar surface area (TPSA) is 45.3 Å². The Hall–Kier alpha value is -3.53. The number of hydrogen-bond donors (Lipinski definition) is 1. The van der Waals surface area contributed by atoms with Crippen molar-refractivity contribution in [3.05, 3.63) is 101 Å². The number of H-pyrrole nitrogens is 1. The van der Waals surface area contributed by atoms with Crippen LogP contribution in [0.1, 0.15) is 40.1 Å². The van der Waals surface area contributed by atoms with Crippen LogP contribution in [0.5, 0.6) is 5.75 Å². The number of rotatable bonds is 4. The molecule has 0 radical (unpaired) electrons. The highest BCUT2D eigenvalue weighted by Crippen LogP contribution is 2.39. The highest BCUT2D eigenvalue weighted by Gasteiger charge is 2.34. The molecule has 0 spiro atoms. The van der Waals surface area contributed by atoms with Crippen molar-refractivity contribution in [1.82, 2.24) is 9.88 Å². The number of fused-ring (bicyclic) bond motifs is 3. The second-order valence-electron chi connectivity index (χ2n) is 7.58. The van der Waals surface area contributed by atoms with Crippen molar-refractivity contribution in [2.75, 3.05) is 13.2 Å². The van der Waals surface area contributed by atoms with Gasteiger partial charge in [0.15, 0.2) is 0 Å². The molecule has 0 fully saturated rings. The molecule has 0 saturated carbocycles. The fraction of sp³-hybridized carbons (Fsp3) is 0.192. The molecule has 4 heteroatoms. The minimum Gasteiger partial charge on any atom is -0.494 e. The molecule has 1 aliphatic heterocycles. The number of amides is 1. The Balaban J connectivity index is 1.63. The van der Waals surface area contributed by atoms with Crippen LogP contribution in [0, 0.1) is 0 Å². The van der Waals surface area contributed by atoms with E-state index in [1.807, 2.05) is 60.4 Å². The summed E-state index contributed by atoms with van der Waals surface area (Å²) >= 11 is 0. The van der Waals surface area contributed by atoms with Crippen LogP contribution < -0.4 is 4.74 Å². The van der Waals surface area contributed by atoms with Crippen LogP contribution in [-0.2, 0) is 6.42 Å². The molecule has 5 rings (SSSR count). The standard InChI is InChI=1S/C26H24N2O2/c1-2-30-20-14-12-18(13-15-20)25-24-22(21-10-6-7-11-23(21)27-24)16-17-28(25)26(29)19-8-4-3-5-9-19/h3-15,25,27H,2,16-17H2,1H3/t25-/m1/s1. The number of aromatic nitrogens is 1. The molecule has 1 aliphatic rings. The van der Waals surface area contributed by atoms with E-state index in [-0.39, 0.29) is 11.9 Å². The van der Waals surface area contributed by atoms with Crippen molar-refractivity contribution in [2.45, 2.75) is 19.4 Å². The van der Waals surface area contributed by atoms with Crippen molar-refractivity contribution >= 4 is 16.8 Å². The number of nitrogens with one attached hydrogen (secondary N) is 1. The van der Waals surface area contributed by atoms with Crippen LogP contribution in [-0.4, -0.2) is 28.9 Å². The number of ether oxygens (including phenoxy) is 1. The number of benzene rings is 3. The third-order valence-electron chi connectivity index (χ3n) is 5.82. The lowest BCUT2D eigenvalue weighted by Crippen LogP contribution is -2.40. The van der Waals surface area contributed by atoms with Gasteiger partial charge in [-0.1, -0.05) is 48.5 Å². The predicted octanol–water partition coefficient (Wildman–Crippen LogP) is 5.35. The zero-order valence-corrected chi connectivity index (χ0v) is 17.0. The summed E-state index contributed by atoms with van der Waals surface area (Å²) in [6.45, 7) is 3.29. The third kappa shape index (κ3) is 3.14.